The maximum Gasteiger partial charge on any atom is 0.326 e. The van der Waals surface area contributed by atoms with Crippen molar-refractivity contribution < 1.29 is 18.7 Å². The molecule has 0 spiro atoms. The van der Waals surface area contributed by atoms with Crippen molar-refractivity contribution in [1.82, 2.24) is 9.47 Å². The number of aromatic nitrogens is 1. The number of carbonyl (C=O) groups is 2. The van der Waals surface area contributed by atoms with Crippen molar-refractivity contribution in [3.8, 4) is 0 Å². The lowest BCUT2D eigenvalue weighted by molar-refractivity contribution is -0.152. The number of amides is 1. The predicted molar refractivity (Wildman–Crippen MR) is 99.5 cm³/mol. The minimum Gasteiger partial charge on any atom is -0.454 e. The van der Waals surface area contributed by atoms with E-state index in [0.717, 1.165) is 11.3 Å². The first kappa shape index (κ1) is 19.1. The molecule has 1 aromatic heterocycles. The van der Waals surface area contributed by atoms with Crippen LogP contribution in [0.5, 0.6) is 0 Å². The minimum atomic E-state index is -0.628. The molecule has 1 saturated heterocycles. The van der Waals surface area contributed by atoms with E-state index in [4.69, 9.17) is 4.74 Å². The Morgan fingerprint density at radius 2 is 1.89 bits per heavy atom. The summed E-state index contributed by atoms with van der Waals surface area (Å²) in [5.41, 5.74) is 1.20. The van der Waals surface area contributed by atoms with E-state index in [9.17, 15) is 18.8 Å². The molecule has 144 valence electrons. The van der Waals surface area contributed by atoms with Gasteiger partial charge < -0.3 is 14.5 Å². The summed E-state index contributed by atoms with van der Waals surface area (Å²) in [6.45, 7) is 3.01. The molecular weight excluding hydrogens is 373 g/mol. The van der Waals surface area contributed by atoms with E-state index in [1.54, 1.807) is 35.4 Å². The summed E-state index contributed by atoms with van der Waals surface area (Å²) in [5, 5.41) is 1.66. The van der Waals surface area contributed by atoms with Crippen LogP contribution >= 0.6 is 11.3 Å². The van der Waals surface area contributed by atoms with E-state index in [0.29, 0.717) is 37.6 Å². The lowest BCUT2D eigenvalue weighted by Gasteiger charge is -2.36. The number of para-hydroxylation sites is 1. The van der Waals surface area contributed by atoms with Crippen molar-refractivity contribution >= 4 is 28.9 Å². The smallest absolute Gasteiger partial charge is 0.326 e. The Bertz CT molecular complexity index is 887. The van der Waals surface area contributed by atoms with Crippen LogP contribution in [0.1, 0.15) is 5.69 Å². The van der Waals surface area contributed by atoms with E-state index in [-0.39, 0.29) is 29.7 Å². The summed E-state index contributed by atoms with van der Waals surface area (Å²) >= 11 is 1.01. The number of esters is 1. The number of thiazole rings is 1. The summed E-state index contributed by atoms with van der Waals surface area (Å²) in [5.74, 6) is -1.21. The zero-order valence-electron chi connectivity index (χ0n) is 14.9. The van der Waals surface area contributed by atoms with Crippen molar-refractivity contribution in [2.75, 3.05) is 37.7 Å². The van der Waals surface area contributed by atoms with Gasteiger partial charge in [0.25, 0.3) is 5.91 Å². The van der Waals surface area contributed by atoms with Gasteiger partial charge in [-0.3, -0.25) is 19.0 Å². The van der Waals surface area contributed by atoms with E-state index in [2.05, 4.69) is 0 Å². The van der Waals surface area contributed by atoms with Gasteiger partial charge in [0.05, 0.1) is 5.69 Å². The Labute approximate surface area is 159 Å². The molecule has 1 fully saturated rings. The van der Waals surface area contributed by atoms with Crippen LogP contribution in [-0.2, 0) is 20.9 Å². The number of anilines is 1. The fourth-order valence-corrected chi connectivity index (χ4v) is 3.64. The quantitative estimate of drug-likeness (QED) is 0.715. The average Bonchev–Trinajstić information content (AvgIpc) is 2.98. The fraction of sp³-hybridized carbons (Fsp3) is 0.389. The number of benzene rings is 1. The van der Waals surface area contributed by atoms with Gasteiger partial charge in [0.2, 0.25) is 0 Å². The van der Waals surface area contributed by atoms with Crippen LogP contribution in [0.3, 0.4) is 0 Å². The number of halogens is 1. The van der Waals surface area contributed by atoms with Gasteiger partial charge in [-0.05, 0) is 19.1 Å². The molecule has 1 amide bonds. The van der Waals surface area contributed by atoms with E-state index < -0.39 is 5.97 Å². The lowest BCUT2D eigenvalue weighted by atomic mass is 10.2. The van der Waals surface area contributed by atoms with E-state index in [1.165, 1.54) is 10.6 Å². The Balaban J connectivity index is 1.46. The van der Waals surface area contributed by atoms with Crippen LogP contribution in [0.25, 0.3) is 0 Å². The SMILES string of the molecule is Cc1csc(=O)n1CC(=O)OCC(=O)N1CCN(c2ccccc2F)CC1. The van der Waals surface area contributed by atoms with E-state index >= 15 is 0 Å². The Hall–Kier alpha value is -2.68. The predicted octanol–water partition coefficient (Wildman–Crippen LogP) is 1.25. The first-order chi connectivity index (χ1) is 13.0. The largest absolute Gasteiger partial charge is 0.454 e. The maximum atomic E-state index is 13.8. The van der Waals surface area contributed by atoms with Gasteiger partial charge in [-0.25, -0.2) is 4.39 Å². The van der Waals surface area contributed by atoms with Crippen molar-refractivity contribution in [3.63, 3.8) is 0 Å². The second-order valence-electron chi connectivity index (χ2n) is 6.21. The highest BCUT2D eigenvalue weighted by atomic mass is 32.1. The summed E-state index contributed by atoms with van der Waals surface area (Å²) in [4.78, 5) is 39.0. The number of carbonyl (C=O) groups excluding carboxylic acids is 2. The average molecular weight is 393 g/mol. The highest BCUT2D eigenvalue weighted by Crippen LogP contribution is 2.20. The van der Waals surface area contributed by atoms with Crippen LogP contribution in [-0.4, -0.2) is 54.1 Å². The second kappa shape index (κ2) is 8.34. The summed E-state index contributed by atoms with van der Waals surface area (Å²) in [6, 6.07) is 6.53. The summed E-state index contributed by atoms with van der Waals surface area (Å²) < 4.78 is 20.2. The third-order valence-electron chi connectivity index (χ3n) is 4.45. The molecule has 27 heavy (non-hydrogen) atoms. The van der Waals surface area contributed by atoms with Crippen molar-refractivity contribution in [3.05, 3.63) is 50.8 Å². The van der Waals surface area contributed by atoms with Crippen LogP contribution < -0.4 is 9.77 Å². The molecule has 0 N–H and O–H groups in total. The molecule has 1 aliphatic rings. The lowest BCUT2D eigenvalue weighted by Crippen LogP contribution is -2.50. The highest BCUT2D eigenvalue weighted by molar-refractivity contribution is 7.07. The molecule has 0 atom stereocenters. The molecule has 7 nitrogen and oxygen atoms in total. The van der Waals surface area contributed by atoms with Crippen LogP contribution in [0.15, 0.2) is 34.4 Å². The first-order valence-corrected chi connectivity index (χ1v) is 9.41. The number of hydrogen-bond acceptors (Lipinski definition) is 6. The molecule has 0 saturated carbocycles. The van der Waals surface area contributed by atoms with Gasteiger partial charge in [0, 0.05) is 37.3 Å². The molecule has 2 aromatic rings. The monoisotopic (exact) mass is 393 g/mol. The van der Waals surface area contributed by atoms with Crippen molar-refractivity contribution in [1.29, 1.82) is 0 Å². The fourth-order valence-electron chi connectivity index (χ4n) is 2.91. The molecule has 9 heteroatoms. The van der Waals surface area contributed by atoms with E-state index in [1.807, 2.05) is 4.90 Å². The normalized spacial score (nSPS) is 14.3. The van der Waals surface area contributed by atoms with Crippen LogP contribution in [0.2, 0.25) is 0 Å². The minimum absolute atomic E-state index is 0.206. The van der Waals surface area contributed by atoms with Crippen LogP contribution in [0.4, 0.5) is 10.1 Å². The van der Waals surface area contributed by atoms with Gasteiger partial charge in [0.1, 0.15) is 12.4 Å². The third-order valence-corrected chi connectivity index (χ3v) is 5.33. The highest BCUT2D eigenvalue weighted by Gasteiger charge is 2.23. The molecule has 0 unspecified atom stereocenters. The maximum absolute atomic E-state index is 13.8. The van der Waals surface area contributed by atoms with Crippen molar-refractivity contribution in [2.24, 2.45) is 0 Å². The second-order valence-corrected chi connectivity index (χ2v) is 7.03. The standard InChI is InChI=1S/C18H20FN3O4S/c1-13-12-27-18(25)22(13)10-17(24)26-11-16(23)21-8-6-20(7-9-21)15-5-3-2-4-14(15)19/h2-5,12H,6-11H2,1H3. The molecule has 0 aliphatic carbocycles. The zero-order valence-corrected chi connectivity index (χ0v) is 15.7. The van der Waals surface area contributed by atoms with Gasteiger partial charge >= 0.3 is 10.8 Å². The number of ether oxygens (including phenoxy) is 1. The third kappa shape index (κ3) is 4.54. The van der Waals surface area contributed by atoms with Gasteiger partial charge in [-0.2, -0.15) is 0 Å². The number of rotatable bonds is 5. The Kier molecular flexibility index (Phi) is 5.90. The number of piperazine rings is 1. The van der Waals surface area contributed by atoms with Crippen LogP contribution in [0, 0.1) is 12.7 Å². The molecule has 0 radical (unpaired) electrons. The van der Waals surface area contributed by atoms with Gasteiger partial charge in [-0.1, -0.05) is 23.5 Å². The van der Waals surface area contributed by atoms with Crippen molar-refractivity contribution in [2.45, 2.75) is 13.5 Å². The summed E-state index contributed by atoms with van der Waals surface area (Å²) in [7, 11) is 0. The first-order valence-electron chi connectivity index (χ1n) is 8.53. The number of hydrogen-bond donors (Lipinski definition) is 0. The molecule has 0 bridgehead atoms. The molecular formula is C18H20FN3O4S. The van der Waals surface area contributed by atoms with Gasteiger partial charge in [-0.15, -0.1) is 0 Å². The summed E-state index contributed by atoms with van der Waals surface area (Å²) in [6.07, 6.45) is 0. The number of aryl methyl sites for hydroxylation is 1. The molecule has 1 aliphatic heterocycles. The molecule has 1 aromatic carbocycles. The Morgan fingerprint density at radius 1 is 1.19 bits per heavy atom. The zero-order chi connectivity index (χ0) is 19.4. The topological polar surface area (TPSA) is 71.8 Å². The molecule has 2 heterocycles. The Morgan fingerprint density at radius 3 is 2.52 bits per heavy atom. The van der Waals surface area contributed by atoms with Gasteiger partial charge in [0.15, 0.2) is 6.61 Å². The number of nitrogens with zero attached hydrogens (tertiary/aromatic N) is 3. The molecule has 3 rings (SSSR count).